The number of phenolic OH excluding ortho intramolecular Hbond substituents is 4. The highest BCUT2D eigenvalue weighted by Gasteiger charge is 2.35. The molecule has 4 nitrogen and oxygen atoms in total. The standard InChI is InChI=1S/C25H36O4/c1-23(2,3)16-12-18(26)14(10-20(16)28)22(25(7,8)9)15-11-21(29)17(13-19(15)27)24(4,5)6/h10-13,22,26-29H,1-9H3. The molecule has 0 radical (unpaired) electrons. The van der Waals surface area contributed by atoms with E-state index in [-0.39, 0.29) is 33.8 Å². The summed E-state index contributed by atoms with van der Waals surface area (Å²) in [5, 5.41) is 43.1. The van der Waals surface area contributed by atoms with Gasteiger partial charge in [-0.05, 0) is 40.5 Å². The molecule has 2 aromatic rings. The lowest BCUT2D eigenvalue weighted by Crippen LogP contribution is -2.21. The maximum absolute atomic E-state index is 10.9. The summed E-state index contributed by atoms with van der Waals surface area (Å²) in [5.74, 6) is -0.107. The summed E-state index contributed by atoms with van der Waals surface area (Å²) < 4.78 is 0. The molecule has 0 aliphatic carbocycles. The number of hydrogen-bond acceptors (Lipinski definition) is 4. The minimum Gasteiger partial charge on any atom is -0.508 e. The minimum absolute atomic E-state index is 0.0615. The lowest BCUT2D eigenvalue weighted by atomic mass is 9.70. The molecule has 160 valence electrons. The van der Waals surface area contributed by atoms with Crippen LogP contribution in [0.1, 0.15) is 90.5 Å². The number of hydrogen-bond donors (Lipinski definition) is 4. The zero-order valence-corrected chi connectivity index (χ0v) is 19.2. The summed E-state index contributed by atoms with van der Waals surface area (Å²) in [6.07, 6.45) is 0. The van der Waals surface area contributed by atoms with Crippen molar-refractivity contribution in [3.63, 3.8) is 0 Å². The molecule has 0 amide bonds. The molecule has 0 aliphatic rings. The number of rotatable bonds is 2. The van der Waals surface area contributed by atoms with E-state index in [9.17, 15) is 20.4 Å². The van der Waals surface area contributed by atoms with Gasteiger partial charge in [0.1, 0.15) is 23.0 Å². The smallest absolute Gasteiger partial charge is 0.119 e. The average Bonchev–Trinajstić information content (AvgIpc) is 2.50. The molecule has 2 aromatic carbocycles. The van der Waals surface area contributed by atoms with Crippen molar-refractivity contribution in [3.05, 3.63) is 46.5 Å². The summed E-state index contributed by atoms with van der Waals surface area (Å²) in [5.41, 5.74) is 1.28. The molecule has 0 aromatic heterocycles. The molecular weight excluding hydrogens is 364 g/mol. The van der Waals surface area contributed by atoms with Crippen LogP contribution in [0.3, 0.4) is 0 Å². The molecule has 0 aliphatic heterocycles. The Bertz CT molecular complexity index is 837. The first-order valence-corrected chi connectivity index (χ1v) is 10.1. The van der Waals surface area contributed by atoms with E-state index in [2.05, 4.69) is 0 Å². The molecule has 0 bridgehead atoms. The van der Waals surface area contributed by atoms with E-state index in [1.165, 1.54) is 0 Å². The second kappa shape index (κ2) is 7.16. The molecule has 29 heavy (non-hydrogen) atoms. The van der Waals surface area contributed by atoms with Gasteiger partial charge < -0.3 is 20.4 Å². The summed E-state index contributed by atoms with van der Waals surface area (Å²) >= 11 is 0. The van der Waals surface area contributed by atoms with Crippen molar-refractivity contribution in [1.82, 2.24) is 0 Å². The Morgan fingerprint density at radius 1 is 0.517 bits per heavy atom. The van der Waals surface area contributed by atoms with Gasteiger partial charge in [0, 0.05) is 28.2 Å². The molecule has 4 N–H and O–H groups in total. The van der Waals surface area contributed by atoms with E-state index >= 15 is 0 Å². The van der Waals surface area contributed by atoms with E-state index in [1.807, 2.05) is 62.3 Å². The van der Waals surface area contributed by atoms with Crippen molar-refractivity contribution in [3.8, 4) is 23.0 Å². The van der Waals surface area contributed by atoms with Crippen LogP contribution in [-0.4, -0.2) is 20.4 Å². The molecule has 0 atom stereocenters. The second-order valence-corrected chi connectivity index (χ2v) is 11.2. The fraction of sp³-hybridized carbons (Fsp3) is 0.520. The van der Waals surface area contributed by atoms with Crippen molar-refractivity contribution < 1.29 is 20.4 Å². The third kappa shape index (κ3) is 4.63. The summed E-state index contributed by atoms with van der Waals surface area (Å²) in [7, 11) is 0. The zero-order valence-electron chi connectivity index (χ0n) is 19.2. The monoisotopic (exact) mass is 400 g/mol. The van der Waals surface area contributed by atoms with Crippen LogP contribution in [0.5, 0.6) is 23.0 Å². The molecule has 2 rings (SSSR count). The van der Waals surface area contributed by atoms with Gasteiger partial charge in [-0.25, -0.2) is 0 Å². The molecule has 0 heterocycles. The van der Waals surface area contributed by atoms with Gasteiger partial charge in [-0.15, -0.1) is 0 Å². The lowest BCUT2D eigenvalue weighted by Gasteiger charge is -2.34. The van der Waals surface area contributed by atoms with Crippen molar-refractivity contribution in [2.45, 2.75) is 79.1 Å². The molecule has 0 spiro atoms. The van der Waals surface area contributed by atoms with Crippen LogP contribution in [0.15, 0.2) is 24.3 Å². The topological polar surface area (TPSA) is 80.9 Å². The van der Waals surface area contributed by atoms with Gasteiger partial charge in [0.25, 0.3) is 0 Å². The molecule has 0 saturated heterocycles. The van der Waals surface area contributed by atoms with Gasteiger partial charge in [-0.3, -0.25) is 0 Å². The van der Waals surface area contributed by atoms with E-state index in [0.29, 0.717) is 22.3 Å². The zero-order chi connectivity index (χ0) is 22.5. The Kier molecular flexibility index (Phi) is 5.66. The highest BCUT2D eigenvalue weighted by molar-refractivity contribution is 5.57. The van der Waals surface area contributed by atoms with Gasteiger partial charge in [-0.1, -0.05) is 62.3 Å². The van der Waals surface area contributed by atoms with Crippen LogP contribution < -0.4 is 0 Å². The molecule has 0 unspecified atom stereocenters. The predicted molar refractivity (Wildman–Crippen MR) is 118 cm³/mol. The summed E-state index contributed by atoms with van der Waals surface area (Å²) in [6, 6.07) is 6.37. The van der Waals surface area contributed by atoms with Gasteiger partial charge in [0.05, 0.1) is 0 Å². The van der Waals surface area contributed by atoms with Gasteiger partial charge >= 0.3 is 0 Å². The van der Waals surface area contributed by atoms with E-state index < -0.39 is 11.3 Å². The lowest BCUT2D eigenvalue weighted by molar-refractivity contribution is 0.333. The van der Waals surface area contributed by atoms with Crippen LogP contribution >= 0.6 is 0 Å². The summed E-state index contributed by atoms with van der Waals surface area (Å²) in [6.45, 7) is 17.8. The molecule has 0 fully saturated rings. The third-order valence-corrected chi connectivity index (χ3v) is 5.39. The maximum Gasteiger partial charge on any atom is 0.119 e. The maximum atomic E-state index is 10.9. The van der Waals surface area contributed by atoms with Crippen LogP contribution in [0.4, 0.5) is 0 Å². The quantitative estimate of drug-likeness (QED) is 0.447. The van der Waals surface area contributed by atoms with E-state index in [0.717, 1.165) is 0 Å². The first kappa shape index (κ1) is 22.9. The van der Waals surface area contributed by atoms with E-state index in [1.54, 1.807) is 24.3 Å². The Balaban J connectivity index is 2.76. The number of aromatic hydroxyl groups is 4. The van der Waals surface area contributed by atoms with Crippen molar-refractivity contribution in [2.75, 3.05) is 0 Å². The molecule has 4 heteroatoms. The molecule has 0 saturated carbocycles. The van der Waals surface area contributed by atoms with Crippen LogP contribution in [0.2, 0.25) is 0 Å². The van der Waals surface area contributed by atoms with Crippen LogP contribution in [0.25, 0.3) is 0 Å². The predicted octanol–water partition coefficient (Wildman–Crippen LogP) is 6.28. The van der Waals surface area contributed by atoms with Crippen molar-refractivity contribution in [1.29, 1.82) is 0 Å². The fourth-order valence-electron chi connectivity index (χ4n) is 3.95. The minimum atomic E-state index is -0.442. The fourth-order valence-corrected chi connectivity index (χ4v) is 3.95. The van der Waals surface area contributed by atoms with Gasteiger partial charge in [-0.2, -0.15) is 0 Å². The molecular formula is C25H36O4. The van der Waals surface area contributed by atoms with Crippen LogP contribution in [-0.2, 0) is 10.8 Å². The second-order valence-electron chi connectivity index (χ2n) is 11.2. The number of phenols is 4. The summed E-state index contributed by atoms with van der Waals surface area (Å²) in [4.78, 5) is 0. The van der Waals surface area contributed by atoms with Gasteiger partial charge in [0.15, 0.2) is 0 Å². The van der Waals surface area contributed by atoms with E-state index in [4.69, 9.17) is 0 Å². The first-order chi connectivity index (χ1) is 12.9. The average molecular weight is 401 g/mol. The highest BCUT2D eigenvalue weighted by Crippen LogP contribution is 2.50. The van der Waals surface area contributed by atoms with Crippen molar-refractivity contribution >= 4 is 0 Å². The largest absolute Gasteiger partial charge is 0.508 e. The Morgan fingerprint density at radius 2 is 0.828 bits per heavy atom. The van der Waals surface area contributed by atoms with Crippen molar-refractivity contribution in [2.24, 2.45) is 5.41 Å². The van der Waals surface area contributed by atoms with Crippen LogP contribution in [0, 0.1) is 5.41 Å². The highest BCUT2D eigenvalue weighted by atomic mass is 16.3. The Labute approximate surface area is 174 Å². The Morgan fingerprint density at radius 3 is 1.07 bits per heavy atom. The number of benzene rings is 2. The SMILES string of the molecule is CC(C)(C)c1cc(O)c(C(c2cc(O)c(C(C)(C)C)cc2O)C(C)(C)C)cc1O. The van der Waals surface area contributed by atoms with Gasteiger partial charge in [0.2, 0.25) is 0 Å². The Hall–Kier alpha value is -2.36. The first-order valence-electron chi connectivity index (χ1n) is 10.1. The normalized spacial score (nSPS) is 13.2. The third-order valence-electron chi connectivity index (χ3n) is 5.39.